The van der Waals surface area contributed by atoms with Gasteiger partial charge in [0.25, 0.3) is 0 Å². The quantitative estimate of drug-likeness (QED) is 0.915. The van der Waals surface area contributed by atoms with Gasteiger partial charge in [0.2, 0.25) is 0 Å². The smallest absolute Gasteiger partial charge is 0.158 e. The average Bonchev–Trinajstić information content (AvgIpc) is 2.87. The number of hydrogen-bond acceptors (Lipinski definition) is 3. The van der Waals surface area contributed by atoms with E-state index in [0.717, 1.165) is 36.0 Å². The summed E-state index contributed by atoms with van der Waals surface area (Å²) in [5, 5.41) is 4.43. The lowest BCUT2D eigenvalue weighted by atomic mass is 9.91. The van der Waals surface area contributed by atoms with Crippen molar-refractivity contribution >= 4 is 16.7 Å². The summed E-state index contributed by atoms with van der Waals surface area (Å²) in [6, 6.07) is 12.0. The van der Waals surface area contributed by atoms with Crippen LogP contribution in [0.2, 0.25) is 0 Å². The number of fused-ring (bicyclic) bond motifs is 1. The van der Waals surface area contributed by atoms with Crippen LogP contribution in [0, 0.1) is 0 Å². The summed E-state index contributed by atoms with van der Waals surface area (Å²) >= 11 is 0. The molecule has 1 N–H and O–H groups in total. The minimum atomic E-state index is -0.354. The molecule has 0 aliphatic carbocycles. The second-order valence-corrected chi connectivity index (χ2v) is 5.46. The van der Waals surface area contributed by atoms with Crippen LogP contribution in [0.3, 0.4) is 0 Å². The van der Waals surface area contributed by atoms with E-state index in [0.29, 0.717) is 6.42 Å². The van der Waals surface area contributed by atoms with E-state index in [2.05, 4.69) is 10.3 Å². The number of aromatic nitrogens is 1. The Bertz CT molecular complexity index is 615. The van der Waals surface area contributed by atoms with Crippen molar-refractivity contribution < 1.29 is 4.79 Å². The van der Waals surface area contributed by atoms with E-state index < -0.39 is 0 Å². The second-order valence-electron chi connectivity index (χ2n) is 5.46. The molecule has 1 atom stereocenters. The number of hydrogen-bond donors (Lipinski definition) is 1. The second kappa shape index (κ2) is 4.74. The van der Waals surface area contributed by atoms with Crippen molar-refractivity contribution in [1.29, 1.82) is 0 Å². The summed E-state index contributed by atoms with van der Waals surface area (Å²) in [5.41, 5.74) is 1.46. The standard InChI is InChI=1S/C16H18N2O/c1-16(9-4-10-17-16)15(19)11-13-8-7-12-5-2-3-6-14(12)18-13/h2-3,5-8,17H,4,9-11H2,1H3. The van der Waals surface area contributed by atoms with Gasteiger partial charge < -0.3 is 5.32 Å². The molecule has 0 saturated carbocycles. The Kier molecular flexibility index (Phi) is 3.07. The van der Waals surface area contributed by atoms with E-state index in [9.17, 15) is 4.79 Å². The summed E-state index contributed by atoms with van der Waals surface area (Å²) in [7, 11) is 0. The maximum absolute atomic E-state index is 12.4. The lowest BCUT2D eigenvalue weighted by Crippen LogP contribution is -2.45. The highest BCUT2D eigenvalue weighted by Crippen LogP contribution is 2.21. The highest BCUT2D eigenvalue weighted by Gasteiger charge is 2.35. The van der Waals surface area contributed by atoms with Crippen molar-refractivity contribution in [1.82, 2.24) is 10.3 Å². The number of benzene rings is 1. The zero-order valence-corrected chi connectivity index (χ0v) is 11.1. The molecule has 3 rings (SSSR count). The van der Waals surface area contributed by atoms with Gasteiger partial charge in [-0.25, -0.2) is 0 Å². The van der Waals surface area contributed by atoms with Crippen molar-refractivity contribution in [3.05, 3.63) is 42.1 Å². The Morgan fingerprint density at radius 2 is 2.16 bits per heavy atom. The number of carbonyl (C=O) groups is 1. The Morgan fingerprint density at radius 1 is 1.32 bits per heavy atom. The van der Waals surface area contributed by atoms with Crippen LogP contribution >= 0.6 is 0 Å². The van der Waals surface area contributed by atoms with Crippen LogP contribution < -0.4 is 5.32 Å². The molecule has 1 aromatic carbocycles. The van der Waals surface area contributed by atoms with E-state index in [-0.39, 0.29) is 11.3 Å². The minimum Gasteiger partial charge on any atom is -0.305 e. The van der Waals surface area contributed by atoms with Crippen LogP contribution in [0.5, 0.6) is 0 Å². The lowest BCUT2D eigenvalue weighted by Gasteiger charge is -2.22. The maximum Gasteiger partial charge on any atom is 0.158 e. The summed E-state index contributed by atoms with van der Waals surface area (Å²) in [6.45, 7) is 2.94. The van der Waals surface area contributed by atoms with Gasteiger partial charge in [-0.05, 0) is 38.4 Å². The van der Waals surface area contributed by atoms with E-state index in [4.69, 9.17) is 0 Å². The van der Waals surface area contributed by atoms with E-state index in [1.165, 1.54) is 0 Å². The number of nitrogens with one attached hydrogen (secondary N) is 1. The summed E-state index contributed by atoms with van der Waals surface area (Å²) in [6.07, 6.45) is 2.42. The molecule has 1 fully saturated rings. The van der Waals surface area contributed by atoms with Crippen LogP contribution in [-0.4, -0.2) is 22.9 Å². The van der Waals surface area contributed by atoms with Crippen molar-refractivity contribution in [2.45, 2.75) is 31.7 Å². The van der Waals surface area contributed by atoms with E-state index in [1.807, 2.05) is 43.3 Å². The maximum atomic E-state index is 12.4. The van der Waals surface area contributed by atoms with Crippen LogP contribution in [0.25, 0.3) is 10.9 Å². The van der Waals surface area contributed by atoms with Gasteiger partial charge in [0.1, 0.15) is 0 Å². The van der Waals surface area contributed by atoms with Crippen molar-refractivity contribution in [3.8, 4) is 0 Å². The third-order valence-corrected chi connectivity index (χ3v) is 3.98. The topological polar surface area (TPSA) is 42.0 Å². The Labute approximate surface area is 113 Å². The molecule has 3 nitrogen and oxygen atoms in total. The molecule has 0 amide bonds. The fourth-order valence-electron chi connectivity index (χ4n) is 2.70. The zero-order chi connectivity index (χ0) is 13.3. The SMILES string of the molecule is CC1(C(=O)Cc2ccc3ccccc3n2)CCCN1. The van der Waals surface area contributed by atoms with Crippen molar-refractivity contribution in [3.63, 3.8) is 0 Å². The number of carbonyl (C=O) groups excluding carboxylic acids is 1. The molecule has 1 saturated heterocycles. The van der Waals surface area contributed by atoms with Crippen molar-refractivity contribution in [2.24, 2.45) is 0 Å². The highest BCUT2D eigenvalue weighted by molar-refractivity contribution is 5.90. The number of para-hydroxylation sites is 1. The Hall–Kier alpha value is -1.74. The summed E-state index contributed by atoms with van der Waals surface area (Å²) in [5.74, 6) is 0.243. The molecule has 1 aromatic heterocycles. The first-order chi connectivity index (χ1) is 9.17. The molecule has 3 heteroatoms. The molecule has 0 spiro atoms. The first-order valence-corrected chi connectivity index (χ1v) is 6.80. The summed E-state index contributed by atoms with van der Waals surface area (Å²) in [4.78, 5) is 16.9. The molecule has 2 heterocycles. The minimum absolute atomic E-state index is 0.243. The molecule has 2 aromatic rings. The van der Waals surface area contributed by atoms with Crippen LogP contribution in [0.15, 0.2) is 36.4 Å². The van der Waals surface area contributed by atoms with Gasteiger partial charge in [-0.15, -0.1) is 0 Å². The predicted octanol–water partition coefficient (Wildman–Crippen LogP) is 2.49. The third kappa shape index (κ3) is 2.38. The Morgan fingerprint density at radius 3 is 2.95 bits per heavy atom. The fraction of sp³-hybridized carbons (Fsp3) is 0.375. The zero-order valence-electron chi connectivity index (χ0n) is 11.1. The Balaban J connectivity index is 1.83. The molecule has 98 valence electrons. The number of Topliss-reactive ketones (excluding diaryl/α,β-unsaturated/α-hetero) is 1. The van der Waals surface area contributed by atoms with Gasteiger partial charge in [0.15, 0.2) is 5.78 Å². The molecule has 1 aliphatic heterocycles. The van der Waals surface area contributed by atoms with Crippen LogP contribution in [0.1, 0.15) is 25.5 Å². The van der Waals surface area contributed by atoms with Gasteiger partial charge in [0.05, 0.1) is 17.5 Å². The molecule has 1 aliphatic rings. The van der Waals surface area contributed by atoms with E-state index in [1.54, 1.807) is 0 Å². The molecule has 1 unspecified atom stereocenters. The van der Waals surface area contributed by atoms with E-state index >= 15 is 0 Å². The van der Waals surface area contributed by atoms with Gasteiger partial charge in [-0.3, -0.25) is 9.78 Å². The van der Waals surface area contributed by atoms with Gasteiger partial charge in [-0.2, -0.15) is 0 Å². The fourth-order valence-corrected chi connectivity index (χ4v) is 2.70. The largest absolute Gasteiger partial charge is 0.305 e. The normalized spacial score (nSPS) is 22.8. The van der Waals surface area contributed by atoms with Gasteiger partial charge in [-0.1, -0.05) is 24.3 Å². The monoisotopic (exact) mass is 254 g/mol. The number of rotatable bonds is 3. The summed E-state index contributed by atoms with van der Waals surface area (Å²) < 4.78 is 0. The molecular formula is C16H18N2O. The predicted molar refractivity (Wildman–Crippen MR) is 76.1 cm³/mol. The van der Waals surface area contributed by atoms with Crippen LogP contribution in [0.4, 0.5) is 0 Å². The average molecular weight is 254 g/mol. The molecule has 19 heavy (non-hydrogen) atoms. The molecule has 0 bridgehead atoms. The van der Waals surface area contributed by atoms with Gasteiger partial charge >= 0.3 is 0 Å². The lowest BCUT2D eigenvalue weighted by molar-refractivity contribution is -0.123. The highest BCUT2D eigenvalue weighted by atomic mass is 16.1. The van der Waals surface area contributed by atoms with Gasteiger partial charge in [0, 0.05) is 11.1 Å². The number of pyridine rings is 1. The van der Waals surface area contributed by atoms with Crippen molar-refractivity contribution in [2.75, 3.05) is 6.54 Å². The first kappa shape index (κ1) is 12.3. The molecule has 0 radical (unpaired) electrons. The number of ketones is 1. The number of nitrogens with zero attached hydrogens (tertiary/aromatic N) is 1. The van der Waals surface area contributed by atoms with Crippen LogP contribution in [-0.2, 0) is 11.2 Å². The molecular weight excluding hydrogens is 236 g/mol. The third-order valence-electron chi connectivity index (χ3n) is 3.98. The first-order valence-electron chi connectivity index (χ1n) is 6.80.